The summed E-state index contributed by atoms with van der Waals surface area (Å²) in [5, 5.41) is 15.7. The first-order valence-electron chi connectivity index (χ1n) is 8.48. The fraction of sp³-hybridized carbons (Fsp3) is 0.500. The van der Waals surface area contributed by atoms with Gasteiger partial charge in [-0.25, -0.2) is 4.99 Å². The van der Waals surface area contributed by atoms with Crippen molar-refractivity contribution >= 4 is 17.7 Å². The molecule has 0 radical (unpaired) electrons. The van der Waals surface area contributed by atoms with Crippen LogP contribution in [-0.2, 0) is 13.6 Å². The van der Waals surface area contributed by atoms with Crippen LogP contribution in [0.3, 0.4) is 0 Å². The quantitative estimate of drug-likeness (QED) is 0.587. The molecule has 0 saturated carbocycles. The van der Waals surface area contributed by atoms with E-state index in [1.165, 1.54) is 5.56 Å². The molecular weight excluding hydrogens is 332 g/mol. The molecule has 0 saturated heterocycles. The van der Waals surface area contributed by atoms with Gasteiger partial charge in [-0.15, -0.1) is 10.2 Å². The van der Waals surface area contributed by atoms with Crippen LogP contribution >= 0.6 is 11.8 Å². The fourth-order valence-corrected chi connectivity index (χ4v) is 2.49. The molecule has 0 bridgehead atoms. The fourth-order valence-electron chi connectivity index (χ4n) is 2.24. The Morgan fingerprint density at radius 1 is 1.24 bits per heavy atom. The molecule has 2 unspecified atom stereocenters. The van der Waals surface area contributed by atoms with Crippen molar-refractivity contribution in [2.45, 2.75) is 38.6 Å². The van der Waals surface area contributed by atoms with Crippen LogP contribution in [0.5, 0.6) is 0 Å². The third-order valence-corrected chi connectivity index (χ3v) is 5.14. The molecule has 0 aliphatic rings. The Morgan fingerprint density at radius 2 is 1.96 bits per heavy atom. The number of rotatable bonds is 7. The maximum absolute atomic E-state index is 4.70. The van der Waals surface area contributed by atoms with Gasteiger partial charge in [0.2, 0.25) is 0 Å². The molecule has 7 heteroatoms. The lowest BCUT2D eigenvalue weighted by molar-refractivity contribution is 0.675. The van der Waals surface area contributed by atoms with E-state index < -0.39 is 0 Å². The molecular formula is C18H28N6S. The van der Waals surface area contributed by atoms with Crippen molar-refractivity contribution in [2.75, 3.05) is 12.8 Å². The first kappa shape index (κ1) is 19.3. The highest BCUT2D eigenvalue weighted by molar-refractivity contribution is 7.99. The van der Waals surface area contributed by atoms with Crippen molar-refractivity contribution in [1.29, 1.82) is 0 Å². The topological polar surface area (TPSA) is 67.1 Å². The summed E-state index contributed by atoms with van der Waals surface area (Å²) in [5.41, 5.74) is 1.23. The molecule has 2 aromatic rings. The Morgan fingerprint density at radius 3 is 2.56 bits per heavy atom. The zero-order valence-corrected chi connectivity index (χ0v) is 16.5. The van der Waals surface area contributed by atoms with Crippen molar-refractivity contribution in [3.8, 4) is 0 Å². The molecule has 0 fully saturated rings. The highest BCUT2D eigenvalue weighted by Gasteiger charge is 2.10. The van der Waals surface area contributed by atoms with Crippen LogP contribution in [-0.4, -0.2) is 38.8 Å². The van der Waals surface area contributed by atoms with Gasteiger partial charge in [0.05, 0.1) is 6.04 Å². The number of aliphatic imine (C=N–C) groups is 1. The molecule has 2 atom stereocenters. The normalized spacial score (nSPS) is 14.2. The second-order valence-electron chi connectivity index (χ2n) is 6.09. The van der Waals surface area contributed by atoms with E-state index in [9.17, 15) is 0 Å². The van der Waals surface area contributed by atoms with Gasteiger partial charge in [0.1, 0.15) is 12.4 Å². The molecule has 136 valence electrons. The molecule has 0 amide bonds. The van der Waals surface area contributed by atoms with Gasteiger partial charge in [-0.2, -0.15) is 11.8 Å². The summed E-state index contributed by atoms with van der Waals surface area (Å²) in [6.07, 6.45) is 2.12. The van der Waals surface area contributed by atoms with Crippen LogP contribution in [0.1, 0.15) is 37.1 Å². The summed E-state index contributed by atoms with van der Waals surface area (Å²) in [5.74, 6) is 2.53. The number of hydrogen-bond acceptors (Lipinski definition) is 4. The van der Waals surface area contributed by atoms with Crippen LogP contribution in [0, 0.1) is 6.92 Å². The van der Waals surface area contributed by atoms with E-state index in [0.717, 1.165) is 24.2 Å². The molecule has 2 N–H and O–H groups in total. The maximum Gasteiger partial charge on any atom is 0.192 e. The Hall–Kier alpha value is -2.02. The average molecular weight is 361 g/mol. The summed E-state index contributed by atoms with van der Waals surface area (Å²) in [7, 11) is 1.96. The molecule has 0 aliphatic heterocycles. The monoisotopic (exact) mass is 360 g/mol. The van der Waals surface area contributed by atoms with Gasteiger partial charge in [-0.3, -0.25) is 0 Å². The summed E-state index contributed by atoms with van der Waals surface area (Å²) in [6, 6.07) is 10.5. The third-order valence-electron chi connectivity index (χ3n) is 4.17. The Labute approximate surface area is 154 Å². The smallest absolute Gasteiger partial charge is 0.192 e. The minimum atomic E-state index is 0.165. The van der Waals surface area contributed by atoms with Crippen LogP contribution in [0.2, 0.25) is 0 Å². The lowest BCUT2D eigenvalue weighted by atomic mass is 10.1. The lowest BCUT2D eigenvalue weighted by Crippen LogP contribution is -2.41. The van der Waals surface area contributed by atoms with Crippen LogP contribution in [0.4, 0.5) is 0 Å². The van der Waals surface area contributed by atoms with Crippen molar-refractivity contribution in [2.24, 2.45) is 12.0 Å². The van der Waals surface area contributed by atoms with Crippen LogP contribution in [0.15, 0.2) is 35.3 Å². The number of aromatic nitrogens is 3. The molecule has 2 rings (SSSR count). The average Bonchev–Trinajstić information content (AvgIpc) is 2.96. The molecule has 0 spiro atoms. The van der Waals surface area contributed by atoms with Crippen molar-refractivity contribution in [3.05, 3.63) is 47.5 Å². The maximum atomic E-state index is 4.70. The highest BCUT2D eigenvalue weighted by atomic mass is 32.2. The van der Waals surface area contributed by atoms with Gasteiger partial charge in [-0.1, -0.05) is 37.3 Å². The minimum Gasteiger partial charge on any atom is -0.355 e. The van der Waals surface area contributed by atoms with E-state index in [1.807, 2.05) is 36.4 Å². The van der Waals surface area contributed by atoms with E-state index >= 15 is 0 Å². The van der Waals surface area contributed by atoms with E-state index in [2.05, 4.69) is 65.2 Å². The van der Waals surface area contributed by atoms with E-state index in [-0.39, 0.29) is 6.04 Å². The predicted molar refractivity (Wildman–Crippen MR) is 106 cm³/mol. The number of benzene rings is 1. The SMILES string of the molecule is CSC(C)CNC(=NCc1nnc(C)n1C)NC(C)c1ccccc1. The molecule has 0 aliphatic carbocycles. The van der Waals surface area contributed by atoms with Crippen LogP contribution < -0.4 is 10.6 Å². The second-order valence-corrected chi connectivity index (χ2v) is 7.37. The highest BCUT2D eigenvalue weighted by Crippen LogP contribution is 2.11. The van der Waals surface area contributed by atoms with E-state index in [0.29, 0.717) is 11.8 Å². The number of aryl methyl sites for hydroxylation is 1. The first-order valence-corrected chi connectivity index (χ1v) is 9.77. The molecule has 1 aromatic heterocycles. The third kappa shape index (κ3) is 5.77. The van der Waals surface area contributed by atoms with Gasteiger partial charge in [0.25, 0.3) is 0 Å². The molecule has 1 heterocycles. The Balaban J connectivity index is 2.08. The zero-order chi connectivity index (χ0) is 18.2. The lowest BCUT2D eigenvalue weighted by Gasteiger charge is -2.20. The molecule has 25 heavy (non-hydrogen) atoms. The Bertz CT molecular complexity index is 682. The van der Waals surface area contributed by atoms with Gasteiger partial charge >= 0.3 is 0 Å². The van der Waals surface area contributed by atoms with Gasteiger partial charge in [0, 0.05) is 18.8 Å². The Kier molecular flexibility index (Phi) is 7.31. The van der Waals surface area contributed by atoms with Gasteiger partial charge in [0.15, 0.2) is 11.8 Å². The largest absolute Gasteiger partial charge is 0.355 e. The number of guanidine groups is 1. The first-order chi connectivity index (χ1) is 12.0. The van der Waals surface area contributed by atoms with Gasteiger partial charge < -0.3 is 15.2 Å². The predicted octanol–water partition coefficient (Wildman–Crippen LogP) is 2.67. The number of hydrogen-bond donors (Lipinski definition) is 2. The van der Waals surface area contributed by atoms with Crippen molar-refractivity contribution in [1.82, 2.24) is 25.4 Å². The minimum absolute atomic E-state index is 0.165. The van der Waals surface area contributed by atoms with E-state index in [1.54, 1.807) is 0 Å². The standard InChI is InChI=1S/C18H28N6S/c1-13(25-5)11-19-18(20-12-17-23-22-15(3)24(17)4)21-14(2)16-9-7-6-8-10-16/h6-10,13-14H,11-12H2,1-5H3,(H2,19,20,21). The van der Waals surface area contributed by atoms with Crippen molar-refractivity contribution < 1.29 is 0 Å². The summed E-state index contributed by atoms with van der Waals surface area (Å²) < 4.78 is 1.96. The second kappa shape index (κ2) is 9.46. The summed E-state index contributed by atoms with van der Waals surface area (Å²) in [6.45, 7) is 7.61. The number of nitrogens with zero attached hydrogens (tertiary/aromatic N) is 4. The van der Waals surface area contributed by atoms with Crippen LogP contribution in [0.25, 0.3) is 0 Å². The summed E-state index contributed by atoms with van der Waals surface area (Å²) in [4.78, 5) is 4.70. The van der Waals surface area contributed by atoms with E-state index in [4.69, 9.17) is 4.99 Å². The summed E-state index contributed by atoms with van der Waals surface area (Å²) >= 11 is 1.83. The number of nitrogens with one attached hydrogen (secondary N) is 2. The van der Waals surface area contributed by atoms with Gasteiger partial charge in [-0.05, 0) is 25.7 Å². The zero-order valence-electron chi connectivity index (χ0n) is 15.7. The number of thioether (sulfide) groups is 1. The molecule has 6 nitrogen and oxygen atoms in total. The van der Waals surface area contributed by atoms with Crippen molar-refractivity contribution in [3.63, 3.8) is 0 Å². The molecule has 1 aromatic carbocycles.